The summed E-state index contributed by atoms with van der Waals surface area (Å²) in [7, 11) is 0. The maximum atomic E-state index is 12.2. The summed E-state index contributed by atoms with van der Waals surface area (Å²) in [5.41, 5.74) is 13.7. The second kappa shape index (κ2) is 11.8. The minimum atomic E-state index is -0.843. The van der Waals surface area contributed by atoms with Crippen molar-refractivity contribution in [2.45, 2.75) is 45.0 Å². The lowest BCUT2D eigenvalue weighted by Gasteiger charge is -2.17. The summed E-state index contributed by atoms with van der Waals surface area (Å²) in [6.07, 6.45) is 2.54. The second-order valence-corrected chi connectivity index (χ2v) is 6.90. The molecule has 29 heavy (non-hydrogen) atoms. The molecule has 6 N–H and O–H groups in total. The Morgan fingerprint density at radius 1 is 1.14 bits per heavy atom. The van der Waals surface area contributed by atoms with Gasteiger partial charge in [0.2, 0.25) is 5.91 Å². The van der Waals surface area contributed by atoms with E-state index in [1.165, 1.54) is 5.56 Å². The fourth-order valence-corrected chi connectivity index (χ4v) is 2.65. The zero-order chi connectivity index (χ0) is 21.1. The molecule has 0 spiro atoms. The van der Waals surface area contributed by atoms with E-state index >= 15 is 0 Å². The number of nitrogens with two attached hydrogens (primary N) is 2. The van der Waals surface area contributed by atoms with Crippen molar-refractivity contribution < 1.29 is 14.3 Å². The largest absolute Gasteiger partial charge is 0.443 e. The molecule has 2 atom stereocenters. The van der Waals surface area contributed by atoms with Crippen LogP contribution in [0.15, 0.2) is 48.7 Å². The van der Waals surface area contributed by atoms with E-state index in [4.69, 9.17) is 11.5 Å². The number of carbonyl (C=O) groups excluding carboxylic acids is 2. The van der Waals surface area contributed by atoms with Crippen molar-refractivity contribution in [2.75, 3.05) is 6.54 Å². The van der Waals surface area contributed by atoms with Gasteiger partial charge in [0, 0.05) is 25.3 Å². The van der Waals surface area contributed by atoms with Crippen molar-refractivity contribution in [2.24, 2.45) is 11.5 Å². The zero-order valence-corrected chi connectivity index (χ0v) is 16.6. The smallest absolute Gasteiger partial charge is 0.404 e. The van der Waals surface area contributed by atoms with Crippen molar-refractivity contribution in [3.05, 3.63) is 65.5 Å². The summed E-state index contributed by atoms with van der Waals surface area (Å²) in [4.78, 5) is 27.0. The molecule has 0 aliphatic heterocycles. The Balaban J connectivity index is 1.65. The molecule has 2 aromatic rings. The fraction of sp³-hybridized carbons (Fsp3) is 0.381. The van der Waals surface area contributed by atoms with Crippen LogP contribution < -0.4 is 22.1 Å². The first-order chi connectivity index (χ1) is 13.9. The van der Waals surface area contributed by atoms with E-state index in [1.807, 2.05) is 31.2 Å². The van der Waals surface area contributed by atoms with Gasteiger partial charge >= 0.3 is 6.09 Å². The van der Waals surface area contributed by atoms with E-state index in [0.29, 0.717) is 18.8 Å². The van der Waals surface area contributed by atoms with Crippen LogP contribution in [0.3, 0.4) is 0 Å². The molecule has 2 amide bonds. The third-order valence-electron chi connectivity index (χ3n) is 4.44. The van der Waals surface area contributed by atoms with Gasteiger partial charge in [-0.15, -0.1) is 0 Å². The molecular formula is C21H29N5O3. The van der Waals surface area contributed by atoms with E-state index in [-0.39, 0.29) is 24.6 Å². The van der Waals surface area contributed by atoms with Crippen molar-refractivity contribution in [1.29, 1.82) is 0 Å². The zero-order valence-electron chi connectivity index (χ0n) is 16.6. The minimum absolute atomic E-state index is 0.0213. The summed E-state index contributed by atoms with van der Waals surface area (Å²) in [6.45, 7) is 2.75. The predicted octanol–water partition coefficient (Wildman–Crippen LogP) is 1.23. The normalized spacial score (nSPS) is 12.8. The third kappa shape index (κ3) is 8.71. The highest BCUT2D eigenvalue weighted by Crippen LogP contribution is 2.04. The number of ether oxygens (including phenoxy) is 1. The molecular weight excluding hydrogens is 370 g/mol. The van der Waals surface area contributed by atoms with Crippen LogP contribution in [0.4, 0.5) is 4.79 Å². The van der Waals surface area contributed by atoms with Crippen molar-refractivity contribution in [3.8, 4) is 0 Å². The summed E-state index contributed by atoms with van der Waals surface area (Å²) in [5, 5.41) is 6.04. The molecule has 8 nitrogen and oxygen atoms in total. The van der Waals surface area contributed by atoms with E-state index in [2.05, 4.69) is 32.5 Å². The van der Waals surface area contributed by atoms with Crippen LogP contribution in [0.2, 0.25) is 0 Å². The van der Waals surface area contributed by atoms with Gasteiger partial charge in [-0.25, -0.2) is 4.79 Å². The van der Waals surface area contributed by atoms with Crippen LogP contribution in [0.5, 0.6) is 0 Å². The highest BCUT2D eigenvalue weighted by atomic mass is 16.5. The molecule has 0 saturated heterocycles. The molecule has 2 rings (SSSR count). The third-order valence-corrected chi connectivity index (χ3v) is 4.44. The number of aromatic nitrogens is 1. The van der Waals surface area contributed by atoms with Crippen molar-refractivity contribution in [3.63, 3.8) is 0 Å². The Kier molecular flexibility index (Phi) is 9.07. The number of amides is 2. The summed E-state index contributed by atoms with van der Waals surface area (Å²) in [6, 6.07) is 13.4. The summed E-state index contributed by atoms with van der Waals surface area (Å²) in [5.74, 6) is -0.110. The number of aryl methyl sites for hydroxylation is 1. The number of carbonyl (C=O) groups is 2. The number of nitrogens with zero attached hydrogens (tertiary/aromatic N) is 1. The quantitative estimate of drug-likeness (QED) is 0.449. The number of rotatable bonds is 11. The predicted molar refractivity (Wildman–Crippen MR) is 111 cm³/mol. The molecule has 1 heterocycles. The van der Waals surface area contributed by atoms with Gasteiger partial charge in [-0.05, 0) is 37.0 Å². The van der Waals surface area contributed by atoms with Crippen LogP contribution in [0, 0.1) is 0 Å². The molecule has 0 fully saturated rings. The SMILES string of the molecule is CC(NCC(N)CCc1ccccc1)C(=O)NCc1ccc(COC(N)=O)nc1. The molecule has 2 unspecified atom stereocenters. The van der Waals surface area contributed by atoms with Crippen LogP contribution >= 0.6 is 0 Å². The highest BCUT2D eigenvalue weighted by Gasteiger charge is 2.13. The number of pyridine rings is 1. The van der Waals surface area contributed by atoms with E-state index in [9.17, 15) is 9.59 Å². The Morgan fingerprint density at radius 2 is 1.90 bits per heavy atom. The average Bonchev–Trinajstić information content (AvgIpc) is 2.74. The lowest BCUT2D eigenvalue weighted by Crippen LogP contribution is -2.46. The molecule has 0 bridgehead atoms. The molecule has 0 aliphatic rings. The van der Waals surface area contributed by atoms with Gasteiger partial charge in [0.25, 0.3) is 0 Å². The van der Waals surface area contributed by atoms with Gasteiger partial charge in [0.15, 0.2) is 0 Å². The van der Waals surface area contributed by atoms with Gasteiger partial charge in [-0.1, -0.05) is 36.4 Å². The molecule has 1 aromatic carbocycles. The topological polar surface area (TPSA) is 132 Å². The maximum Gasteiger partial charge on any atom is 0.404 e. The first kappa shape index (κ1) is 22.3. The molecule has 0 aliphatic carbocycles. The van der Waals surface area contributed by atoms with Gasteiger partial charge < -0.3 is 26.8 Å². The Hall–Kier alpha value is -2.97. The van der Waals surface area contributed by atoms with Crippen LogP contribution in [-0.2, 0) is 29.1 Å². The summed E-state index contributed by atoms with van der Waals surface area (Å²) < 4.78 is 4.67. The number of nitrogens with one attached hydrogen (secondary N) is 2. The van der Waals surface area contributed by atoms with Crippen LogP contribution in [0.1, 0.15) is 30.2 Å². The Bertz CT molecular complexity index is 768. The van der Waals surface area contributed by atoms with Crippen LogP contribution in [0.25, 0.3) is 0 Å². The molecule has 1 aromatic heterocycles. The average molecular weight is 399 g/mol. The lowest BCUT2D eigenvalue weighted by molar-refractivity contribution is -0.122. The van der Waals surface area contributed by atoms with Gasteiger partial charge in [0.05, 0.1) is 11.7 Å². The van der Waals surface area contributed by atoms with Gasteiger partial charge in [-0.2, -0.15) is 0 Å². The highest BCUT2D eigenvalue weighted by molar-refractivity contribution is 5.81. The lowest BCUT2D eigenvalue weighted by atomic mass is 10.1. The first-order valence-corrected chi connectivity index (χ1v) is 9.60. The number of hydrogen-bond donors (Lipinski definition) is 4. The maximum absolute atomic E-state index is 12.2. The number of benzene rings is 1. The standard InChI is InChI=1S/C21H29N5O3/c1-15(24-13-18(22)9-7-16-5-3-2-4-6-16)20(27)26-12-17-8-10-19(25-11-17)14-29-21(23)28/h2-6,8,10-11,15,18,24H,7,9,12-14,22H2,1H3,(H2,23,28)(H,26,27). The monoisotopic (exact) mass is 399 g/mol. The van der Waals surface area contributed by atoms with E-state index in [0.717, 1.165) is 18.4 Å². The van der Waals surface area contributed by atoms with Crippen molar-refractivity contribution >= 4 is 12.0 Å². The Morgan fingerprint density at radius 3 is 2.55 bits per heavy atom. The van der Waals surface area contributed by atoms with Gasteiger partial charge in [-0.3, -0.25) is 9.78 Å². The first-order valence-electron chi connectivity index (χ1n) is 9.60. The van der Waals surface area contributed by atoms with Crippen LogP contribution in [-0.4, -0.2) is 35.6 Å². The second-order valence-electron chi connectivity index (χ2n) is 6.90. The molecule has 156 valence electrons. The minimum Gasteiger partial charge on any atom is -0.443 e. The van der Waals surface area contributed by atoms with Gasteiger partial charge in [0.1, 0.15) is 6.61 Å². The Labute approximate surface area is 171 Å². The molecule has 0 radical (unpaired) electrons. The van der Waals surface area contributed by atoms with E-state index in [1.54, 1.807) is 12.3 Å². The number of primary amides is 1. The number of hydrogen-bond acceptors (Lipinski definition) is 6. The van der Waals surface area contributed by atoms with Crippen molar-refractivity contribution in [1.82, 2.24) is 15.6 Å². The molecule has 8 heteroatoms. The molecule has 0 saturated carbocycles. The summed E-state index contributed by atoms with van der Waals surface area (Å²) >= 11 is 0. The fourth-order valence-electron chi connectivity index (χ4n) is 2.65. The van der Waals surface area contributed by atoms with E-state index < -0.39 is 6.09 Å².